The van der Waals surface area contributed by atoms with Crippen LogP contribution in [0, 0.1) is 0 Å². The van der Waals surface area contributed by atoms with E-state index < -0.39 is 10.0 Å². The van der Waals surface area contributed by atoms with Gasteiger partial charge in [0.05, 0.1) is 4.90 Å². The number of nitrogens with zero attached hydrogens (tertiary/aromatic N) is 1. The Hall–Kier alpha value is -2.51. The smallest absolute Gasteiger partial charge is 0.244 e. The number of sulfonamides is 1. The lowest BCUT2D eigenvalue weighted by molar-refractivity contribution is -0.116. The van der Waals surface area contributed by atoms with Crippen LogP contribution in [0.15, 0.2) is 59.8 Å². The van der Waals surface area contributed by atoms with Crippen molar-refractivity contribution in [3.8, 4) is 0 Å². The molecular formula is C16H17N3O3S. The molecule has 2 N–H and O–H groups in total. The third-order valence-electron chi connectivity index (χ3n) is 3.08. The first-order valence-corrected chi connectivity index (χ1v) is 8.38. The Morgan fingerprint density at radius 1 is 1.22 bits per heavy atom. The molecule has 0 saturated carbocycles. The highest BCUT2D eigenvalue weighted by Crippen LogP contribution is 2.11. The highest BCUT2D eigenvalue weighted by Gasteiger charge is 2.09. The summed E-state index contributed by atoms with van der Waals surface area (Å²) in [7, 11) is -2.09. The van der Waals surface area contributed by atoms with E-state index in [-0.39, 0.29) is 10.8 Å². The SMILES string of the molecule is CNS(=O)(=O)c1ccc(/C=C/C(=O)NCc2cccnc2)cc1. The fourth-order valence-electron chi connectivity index (χ4n) is 1.80. The zero-order valence-corrected chi connectivity index (χ0v) is 13.4. The number of rotatable bonds is 6. The molecule has 1 amide bonds. The Balaban J connectivity index is 1.93. The molecule has 23 heavy (non-hydrogen) atoms. The first-order valence-electron chi connectivity index (χ1n) is 6.90. The number of hydrogen-bond acceptors (Lipinski definition) is 4. The van der Waals surface area contributed by atoms with Gasteiger partial charge in [-0.1, -0.05) is 18.2 Å². The van der Waals surface area contributed by atoms with Crippen LogP contribution in [0.2, 0.25) is 0 Å². The number of pyridine rings is 1. The largest absolute Gasteiger partial charge is 0.348 e. The van der Waals surface area contributed by atoms with E-state index in [1.54, 1.807) is 36.7 Å². The minimum atomic E-state index is -3.44. The summed E-state index contributed by atoms with van der Waals surface area (Å²) < 4.78 is 25.4. The molecule has 1 aromatic heterocycles. The van der Waals surface area contributed by atoms with Gasteiger partial charge in [-0.05, 0) is 42.4 Å². The van der Waals surface area contributed by atoms with Gasteiger partial charge in [0.15, 0.2) is 0 Å². The van der Waals surface area contributed by atoms with Gasteiger partial charge < -0.3 is 5.32 Å². The van der Waals surface area contributed by atoms with Crippen molar-refractivity contribution in [2.45, 2.75) is 11.4 Å². The maximum Gasteiger partial charge on any atom is 0.244 e. The van der Waals surface area contributed by atoms with Gasteiger partial charge in [-0.3, -0.25) is 9.78 Å². The number of amides is 1. The third kappa shape index (κ3) is 5.01. The van der Waals surface area contributed by atoms with Crippen LogP contribution >= 0.6 is 0 Å². The summed E-state index contributed by atoms with van der Waals surface area (Å²) in [4.78, 5) is 15.9. The van der Waals surface area contributed by atoms with Crippen molar-refractivity contribution in [3.63, 3.8) is 0 Å². The van der Waals surface area contributed by atoms with E-state index >= 15 is 0 Å². The zero-order valence-electron chi connectivity index (χ0n) is 12.6. The summed E-state index contributed by atoms with van der Waals surface area (Å²) in [6.07, 6.45) is 6.38. The first kappa shape index (κ1) is 16.9. The van der Waals surface area contributed by atoms with E-state index in [9.17, 15) is 13.2 Å². The maximum atomic E-state index is 11.7. The second-order valence-electron chi connectivity index (χ2n) is 4.69. The van der Waals surface area contributed by atoms with Crippen LogP contribution < -0.4 is 10.0 Å². The van der Waals surface area contributed by atoms with Crippen LogP contribution in [0.4, 0.5) is 0 Å². The fraction of sp³-hybridized carbons (Fsp3) is 0.125. The van der Waals surface area contributed by atoms with E-state index in [4.69, 9.17) is 0 Å². The molecule has 0 fully saturated rings. The van der Waals surface area contributed by atoms with E-state index in [2.05, 4.69) is 15.0 Å². The van der Waals surface area contributed by atoms with Crippen molar-refractivity contribution in [3.05, 3.63) is 66.0 Å². The molecule has 0 bridgehead atoms. The number of hydrogen-bond donors (Lipinski definition) is 2. The van der Waals surface area contributed by atoms with E-state index in [0.29, 0.717) is 6.54 Å². The van der Waals surface area contributed by atoms with Crippen LogP contribution in [0.3, 0.4) is 0 Å². The number of carbonyl (C=O) groups excluding carboxylic acids is 1. The Morgan fingerprint density at radius 2 is 1.96 bits per heavy atom. The standard InChI is InChI=1S/C16H17N3O3S/c1-17-23(21,22)15-7-4-13(5-8-15)6-9-16(20)19-12-14-3-2-10-18-11-14/h2-11,17H,12H2,1H3,(H,19,20)/b9-6+. The number of carbonyl (C=O) groups is 1. The fourth-order valence-corrected chi connectivity index (χ4v) is 2.53. The Bertz CT molecular complexity index is 785. The molecule has 0 aliphatic carbocycles. The molecule has 1 heterocycles. The number of benzene rings is 1. The summed E-state index contributed by atoms with van der Waals surface area (Å²) in [5.74, 6) is -0.235. The average molecular weight is 331 g/mol. The molecule has 120 valence electrons. The average Bonchev–Trinajstić information content (AvgIpc) is 2.59. The normalized spacial score (nSPS) is 11.5. The molecule has 0 spiro atoms. The van der Waals surface area contributed by atoms with Crippen molar-refractivity contribution in [1.82, 2.24) is 15.0 Å². The molecule has 0 aliphatic rings. The van der Waals surface area contributed by atoms with Gasteiger partial charge in [-0.2, -0.15) is 0 Å². The number of aromatic nitrogens is 1. The molecule has 0 unspecified atom stereocenters. The molecule has 0 aliphatic heterocycles. The van der Waals surface area contributed by atoms with Gasteiger partial charge in [0, 0.05) is 25.0 Å². The van der Waals surface area contributed by atoms with Gasteiger partial charge in [0.2, 0.25) is 15.9 Å². The minimum Gasteiger partial charge on any atom is -0.348 e. The van der Waals surface area contributed by atoms with Crippen molar-refractivity contribution in [2.75, 3.05) is 7.05 Å². The van der Waals surface area contributed by atoms with Crippen molar-refractivity contribution in [2.24, 2.45) is 0 Å². The van der Waals surface area contributed by atoms with E-state index in [1.807, 2.05) is 6.07 Å². The van der Waals surface area contributed by atoms with Crippen LogP contribution in [-0.2, 0) is 21.4 Å². The second kappa shape index (κ2) is 7.66. The molecule has 0 atom stereocenters. The number of nitrogens with one attached hydrogen (secondary N) is 2. The highest BCUT2D eigenvalue weighted by atomic mass is 32.2. The lowest BCUT2D eigenvalue weighted by atomic mass is 10.2. The van der Waals surface area contributed by atoms with E-state index in [0.717, 1.165) is 11.1 Å². The lowest BCUT2D eigenvalue weighted by Gasteiger charge is -2.03. The molecule has 2 rings (SSSR count). The second-order valence-corrected chi connectivity index (χ2v) is 6.58. The highest BCUT2D eigenvalue weighted by molar-refractivity contribution is 7.89. The van der Waals surface area contributed by atoms with Crippen molar-refractivity contribution < 1.29 is 13.2 Å². The molecular weight excluding hydrogens is 314 g/mol. The predicted octanol–water partition coefficient (Wildman–Crippen LogP) is 1.32. The molecule has 2 aromatic rings. The third-order valence-corrected chi connectivity index (χ3v) is 4.51. The Labute approximate surface area is 135 Å². The Morgan fingerprint density at radius 3 is 2.57 bits per heavy atom. The summed E-state index contributed by atoms with van der Waals surface area (Å²) in [5.41, 5.74) is 1.65. The van der Waals surface area contributed by atoms with Crippen LogP contribution in [0.25, 0.3) is 6.08 Å². The topological polar surface area (TPSA) is 88.2 Å². The van der Waals surface area contributed by atoms with Crippen molar-refractivity contribution >= 4 is 22.0 Å². The molecule has 0 radical (unpaired) electrons. The summed E-state index contributed by atoms with van der Waals surface area (Å²) in [5, 5.41) is 2.74. The van der Waals surface area contributed by atoms with E-state index in [1.165, 1.54) is 25.3 Å². The summed E-state index contributed by atoms with van der Waals surface area (Å²) in [6, 6.07) is 9.92. The molecule has 6 nitrogen and oxygen atoms in total. The summed E-state index contributed by atoms with van der Waals surface area (Å²) >= 11 is 0. The van der Waals surface area contributed by atoms with Crippen LogP contribution in [0.1, 0.15) is 11.1 Å². The van der Waals surface area contributed by atoms with Gasteiger partial charge >= 0.3 is 0 Å². The summed E-state index contributed by atoms with van der Waals surface area (Å²) in [6.45, 7) is 0.399. The van der Waals surface area contributed by atoms with Gasteiger partial charge in [-0.25, -0.2) is 13.1 Å². The van der Waals surface area contributed by atoms with Crippen molar-refractivity contribution in [1.29, 1.82) is 0 Å². The molecule has 1 aromatic carbocycles. The van der Waals surface area contributed by atoms with Crippen LogP contribution in [-0.4, -0.2) is 26.4 Å². The maximum absolute atomic E-state index is 11.7. The van der Waals surface area contributed by atoms with Crippen LogP contribution in [0.5, 0.6) is 0 Å². The monoisotopic (exact) mass is 331 g/mol. The van der Waals surface area contributed by atoms with Gasteiger partial charge in [0.25, 0.3) is 0 Å². The molecule has 7 heteroatoms. The lowest BCUT2D eigenvalue weighted by Crippen LogP contribution is -2.20. The molecule has 0 saturated heterocycles. The predicted molar refractivity (Wildman–Crippen MR) is 87.8 cm³/mol. The quantitative estimate of drug-likeness (QED) is 0.782. The van der Waals surface area contributed by atoms with Gasteiger partial charge in [-0.15, -0.1) is 0 Å². The minimum absolute atomic E-state index is 0.179. The van der Waals surface area contributed by atoms with Gasteiger partial charge in [0.1, 0.15) is 0 Å². The Kier molecular flexibility index (Phi) is 5.61. The first-order chi connectivity index (χ1) is 11.0. The zero-order chi connectivity index (χ0) is 16.7.